The van der Waals surface area contributed by atoms with Gasteiger partial charge in [-0.2, -0.15) is 9.57 Å². The smallest absolute Gasteiger partial charge is 0.252 e. The normalized spacial score (nSPS) is 18.0. The van der Waals surface area contributed by atoms with Crippen LogP contribution in [0.15, 0.2) is 16.3 Å². The van der Waals surface area contributed by atoms with Gasteiger partial charge in [-0.15, -0.1) is 11.3 Å². The number of aliphatic hydroxyl groups excluding tert-OH is 1. The van der Waals surface area contributed by atoms with Gasteiger partial charge < -0.3 is 5.11 Å². The molecule has 1 N–H and O–H groups in total. The van der Waals surface area contributed by atoms with E-state index < -0.39 is 10.0 Å². The minimum atomic E-state index is -3.44. The van der Waals surface area contributed by atoms with Crippen molar-refractivity contribution in [2.24, 2.45) is 5.92 Å². The summed E-state index contributed by atoms with van der Waals surface area (Å²) in [6, 6.07) is 4.86. The molecule has 0 amide bonds. The van der Waals surface area contributed by atoms with E-state index in [9.17, 15) is 8.42 Å². The average Bonchev–Trinajstić information content (AvgIpc) is 2.64. The van der Waals surface area contributed by atoms with Gasteiger partial charge in [0.25, 0.3) is 10.0 Å². The molecule has 0 spiro atoms. The fourth-order valence-electron chi connectivity index (χ4n) is 1.48. The molecule has 7 heteroatoms. The molecule has 0 radical (unpaired) electrons. The van der Waals surface area contributed by atoms with Crippen molar-refractivity contribution in [1.82, 2.24) is 4.31 Å². The molecular weight excluding hydrogens is 248 g/mol. The van der Waals surface area contributed by atoms with E-state index in [1.165, 1.54) is 16.4 Å². The molecule has 0 unspecified atom stereocenters. The zero-order valence-electron chi connectivity index (χ0n) is 8.33. The van der Waals surface area contributed by atoms with Crippen LogP contribution >= 0.6 is 11.3 Å². The van der Waals surface area contributed by atoms with Crippen molar-refractivity contribution in [2.45, 2.75) is 4.21 Å². The highest BCUT2D eigenvalue weighted by molar-refractivity contribution is 7.91. The van der Waals surface area contributed by atoms with Crippen LogP contribution in [0.1, 0.15) is 4.88 Å². The Balaban J connectivity index is 2.18. The summed E-state index contributed by atoms with van der Waals surface area (Å²) < 4.78 is 25.4. The van der Waals surface area contributed by atoms with E-state index in [2.05, 4.69) is 0 Å². The molecule has 1 aromatic rings. The summed E-state index contributed by atoms with van der Waals surface area (Å²) >= 11 is 0.973. The van der Waals surface area contributed by atoms with Crippen LogP contribution in [0.3, 0.4) is 0 Å². The van der Waals surface area contributed by atoms with E-state index in [0.29, 0.717) is 18.0 Å². The molecule has 16 heavy (non-hydrogen) atoms. The Morgan fingerprint density at radius 1 is 1.56 bits per heavy atom. The van der Waals surface area contributed by atoms with E-state index in [1.54, 1.807) is 0 Å². The lowest BCUT2D eigenvalue weighted by Gasteiger charge is -2.36. The maximum Gasteiger partial charge on any atom is 0.252 e. The van der Waals surface area contributed by atoms with Crippen LogP contribution in [0.5, 0.6) is 0 Å². The first-order valence-electron chi connectivity index (χ1n) is 4.69. The second-order valence-corrected chi connectivity index (χ2v) is 6.85. The van der Waals surface area contributed by atoms with Gasteiger partial charge in [0.05, 0.1) is 0 Å². The topological polar surface area (TPSA) is 81.4 Å². The Kier molecular flexibility index (Phi) is 2.99. The molecule has 86 valence electrons. The number of hydrogen-bond donors (Lipinski definition) is 1. The first-order valence-corrected chi connectivity index (χ1v) is 6.94. The third kappa shape index (κ3) is 1.85. The highest BCUT2D eigenvalue weighted by Gasteiger charge is 2.36. The van der Waals surface area contributed by atoms with Crippen LogP contribution in [-0.2, 0) is 10.0 Å². The van der Waals surface area contributed by atoms with Gasteiger partial charge in [0, 0.05) is 25.6 Å². The number of sulfonamides is 1. The average molecular weight is 258 g/mol. The Hall–Kier alpha value is -0.940. The largest absolute Gasteiger partial charge is 0.396 e. The molecule has 0 atom stereocenters. The maximum absolute atomic E-state index is 12.0. The van der Waals surface area contributed by atoms with Gasteiger partial charge in [0.1, 0.15) is 15.2 Å². The first kappa shape index (κ1) is 11.5. The van der Waals surface area contributed by atoms with E-state index in [0.717, 1.165) is 11.3 Å². The van der Waals surface area contributed by atoms with E-state index in [4.69, 9.17) is 10.4 Å². The van der Waals surface area contributed by atoms with Crippen molar-refractivity contribution in [3.63, 3.8) is 0 Å². The highest BCUT2D eigenvalue weighted by Crippen LogP contribution is 2.29. The Morgan fingerprint density at radius 3 is 2.75 bits per heavy atom. The Bertz CT molecular complexity index is 523. The van der Waals surface area contributed by atoms with Crippen LogP contribution < -0.4 is 0 Å². The van der Waals surface area contributed by atoms with Gasteiger partial charge in [0.15, 0.2) is 0 Å². The predicted molar refractivity (Wildman–Crippen MR) is 58.4 cm³/mol. The highest BCUT2D eigenvalue weighted by atomic mass is 32.2. The predicted octanol–water partition coefficient (Wildman–Crippen LogP) is 0.233. The van der Waals surface area contributed by atoms with E-state index >= 15 is 0 Å². The lowest BCUT2D eigenvalue weighted by molar-refractivity contribution is 0.117. The summed E-state index contributed by atoms with van der Waals surface area (Å²) in [4.78, 5) is 0.387. The molecular formula is C9H10N2O3S2. The monoisotopic (exact) mass is 258 g/mol. The van der Waals surface area contributed by atoms with Crippen LogP contribution in [0, 0.1) is 17.2 Å². The van der Waals surface area contributed by atoms with Gasteiger partial charge in [-0.05, 0) is 12.1 Å². The fourth-order valence-corrected chi connectivity index (χ4v) is 4.33. The van der Waals surface area contributed by atoms with Crippen molar-refractivity contribution in [3.05, 3.63) is 17.0 Å². The summed E-state index contributed by atoms with van der Waals surface area (Å²) in [5.74, 6) is 0.0465. The van der Waals surface area contributed by atoms with Crippen molar-refractivity contribution in [3.8, 4) is 6.07 Å². The number of nitriles is 1. The summed E-state index contributed by atoms with van der Waals surface area (Å²) in [6.45, 7) is 0.733. The molecule has 1 aliphatic heterocycles. The number of thiophene rings is 1. The fraction of sp³-hybridized carbons (Fsp3) is 0.444. The first-order chi connectivity index (χ1) is 7.57. The lowest BCUT2D eigenvalue weighted by atomic mass is 10.1. The molecule has 2 rings (SSSR count). The van der Waals surface area contributed by atoms with Crippen molar-refractivity contribution >= 4 is 21.4 Å². The number of nitrogens with zero attached hydrogens (tertiary/aromatic N) is 2. The zero-order chi connectivity index (χ0) is 11.8. The molecule has 0 saturated carbocycles. The second kappa shape index (κ2) is 4.14. The van der Waals surface area contributed by atoms with Crippen LogP contribution in [0.4, 0.5) is 0 Å². The van der Waals surface area contributed by atoms with Crippen LogP contribution in [-0.4, -0.2) is 37.5 Å². The standard InChI is InChI=1S/C9H10N2O3S2/c10-3-8-1-2-9(15-8)16(13,14)11-4-7(5-11)6-12/h1-2,7,12H,4-6H2. The molecule has 2 heterocycles. The quantitative estimate of drug-likeness (QED) is 0.841. The van der Waals surface area contributed by atoms with Gasteiger partial charge in [-0.1, -0.05) is 0 Å². The number of hydrogen-bond acceptors (Lipinski definition) is 5. The number of aliphatic hydroxyl groups is 1. The Morgan fingerprint density at radius 2 is 2.25 bits per heavy atom. The van der Waals surface area contributed by atoms with Crippen LogP contribution in [0.2, 0.25) is 0 Å². The van der Waals surface area contributed by atoms with Gasteiger partial charge in [-0.25, -0.2) is 8.42 Å². The van der Waals surface area contributed by atoms with E-state index in [1.807, 2.05) is 6.07 Å². The molecule has 0 bridgehead atoms. The SMILES string of the molecule is N#Cc1ccc(S(=O)(=O)N2CC(CO)C2)s1. The molecule has 1 saturated heterocycles. The van der Waals surface area contributed by atoms with Crippen LogP contribution in [0.25, 0.3) is 0 Å². The van der Waals surface area contributed by atoms with Crippen molar-refractivity contribution < 1.29 is 13.5 Å². The minimum absolute atomic E-state index is 0.0138. The van der Waals surface area contributed by atoms with Gasteiger partial charge in [-0.3, -0.25) is 0 Å². The summed E-state index contributed by atoms with van der Waals surface area (Å²) in [7, 11) is -3.44. The van der Waals surface area contributed by atoms with Crippen molar-refractivity contribution in [2.75, 3.05) is 19.7 Å². The third-order valence-corrected chi connectivity index (χ3v) is 5.76. The molecule has 1 aromatic heterocycles. The summed E-state index contributed by atoms with van der Waals surface area (Å²) in [6.07, 6.45) is 0. The summed E-state index contributed by atoms with van der Waals surface area (Å²) in [5, 5.41) is 17.4. The minimum Gasteiger partial charge on any atom is -0.396 e. The maximum atomic E-state index is 12.0. The third-order valence-electron chi connectivity index (χ3n) is 2.47. The number of rotatable bonds is 3. The van der Waals surface area contributed by atoms with Crippen molar-refractivity contribution in [1.29, 1.82) is 5.26 Å². The second-order valence-electron chi connectivity index (χ2n) is 3.60. The Labute approximate surface area is 97.6 Å². The molecule has 5 nitrogen and oxygen atoms in total. The summed E-state index contributed by atoms with van der Waals surface area (Å²) in [5.41, 5.74) is 0. The lowest BCUT2D eigenvalue weighted by Crippen LogP contribution is -2.50. The van der Waals surface area contributed by atoms with Gasteiger partial charge >= 0.3 is 0 Å². The van der Waals surface area contributed by atoms with Gasteiger partial charge in [0.2, 0.25) is 0 Å². The molecule has 0 aromatic carbocycles. The zero-order valence-corrected chi connectivity index (χ0v) is 9.96. The molecule has 0 aliphatic carbocycles. The van der Waals surface area contributed by atoms with E-state index in [-0.39, 0.29) is 16.7 Å². The molecule has 1 fully saturated rings. The molecule has 1 aliphatic rings.